The summed E-state index contributed by atoms with van der Waals surface area (Å²) >= 11 is 0. The van der Waals surface area contributed by atoms with Gasteiger partial charge in [0.2, 0.25) is 0 Å². The van der Waals surface area contributed by atoms with Crippen LogP contribution in [-0.2, 0) is 13.1 Å². The maximum atomic E-state index is 11.2. The minimum atomic E-state index is -0.369. The van der Waals surface area contributed by atoms with Gasteiger partial charge in [0.1, 0.15) is 0 Å². The first-order valence-electron chi connectivity index (χ1n) is 9.85. The van der Waals surface area contributed by atoms with Crippen molar-refractivity contribution >= 4 is 35.6 Å². The third kappa shape index (κ3) is 6.27. The lowest BCUT2D eigenvalue weighted by Crippen LogP contribution is -2.37. The lowest BCUT2D eigenvalue weighted by atomic mass is 10.1. The highest BCUT2D eigenvalue weighted by atomic mass is 127. The van der Waals surface area contributed by atoms with Crippen LogP contribution in [-0.4, -0.2) is 27.2 Å². The van der Waals surface area contributed by atoms with E-state index in [-0.39, 0.29) is 34.6 Å². The van der Waals surface area contributed by atoms with Crippen molar-refractivity contribution in [2.24, 2.45) is 4.99 Å². The molecule has 2 N–H and O–H groups in total. The van der Waals surface area contributed by atoms with E-state index in [0.29, 0.717) is 31.2 Å². The highest BCUT2D eigenvalue weighted by molar-refractivity contribution is 14.0. The topological polar surface area (TPSA) is 97.4 Å². The smallest absolute Gasteiger partial charge is 0.274 e. The maximum absolute atomic E-state index is 11.2. The second-order valence-corrected chi connectivity index (χ2v) is 6.90. The Bertz CT molecular complexity index is 1060. The Morgan fingerprint density at radius 3 is 2.42 bits per heavy atom. The van der Waals surface area contributed by atoms with Gasteiger partial charge in [-0.25, -0.2) is 9.67 Å². The fourth-order valence-electron chi connectivity index (χ4n) is 3.25. The Labute approximate surface area is 198 Å². The summed E-state index contributed by atoms with van der Waals surface area (Å²) in [5, 5.41) is 22.2. The summed E-state index contributed by atoms with van der Waals surface area (Å²) in [6.07, 6.45) is 0. The first-order valence-corrected chi connectivity index (χ1v) is 9.85. The van der Waals surface area contributed by atoms with Crippen molar-refractivity contribution in [2.45, 2.75) is 33.9 Å². The number of hydrogen-bond donors (Lipinski definition) is 2. The summed E-state index contributed by atoms with van der Waals surface area (Å²) in [7, 11) is 0. The van der Waals surface area contributed by atoms with Crippen LogP contribution in [0.4, 0.5) is 5.69 Å². The van der Waals surface area contributed by atoms with Crippen LogP contribution < -0.4 is 10.6 Å². The Morgan fingerprint density at radius 1 is 1.10 bits per heavy atom. The average molecular weight is 534 g/mol. The van der Waals surface area contributed by atoms with Gasteiger partial charge in [0, 0.05) is 30.4 Å². The van der Waals surface area contributed by atoms with Gasteiger partial charge in [-0.05, 0) is 38.5 Å². The molecule has 0 unspecified atom stereocenters. The van der Waals surface area contributed by atoms with Crippen molar-refractivity contribution in [2.75, 3.05) is 6.54 Å². The van der Waals surface area contributed by atoms with Gasteiger partial charge in [-0.3, -0.25) is 10.1 Å². The molecule has 164 valence electrons. The molecule has 0 fully saturated rings. The number of benzene rings is 2. The number of rotatable bonds is 7. The van der Waals surface area contributed by atoms with E-state index in [9.17, 15) is 10.1 Å². The summed E-state index contributed by atoms with van der Waals surface area (Å²) < 4.78 is 1.92. The predicted octanol–water partition coefficient (Wildman–Crippen LogP) is 4.27. The monoisotopic (exact) mass is 534 g/mol. The molecule has 0 saturated heterocycles. The second-order valence-electron chi connectivity index (χ2n) is 6.90. The second kappa shape index (κ2) is 11.4. The number of hydrogen-bond acceptors (Lipinski definition) is 4. The zero-order chi connectivity index (χ0) is 21.5. The van der Waals surface area contributed by atoms with Crippen molar-refractivity contribution < 1.29 is 4.92 Å². The molecule has 1 aromatic heterocycles. The van der Waals surface area contributed by atoms with Crippen LogP contribution in [0, 0.1) is 24.0 Å². The van der Waals surface area contributed by atoms with E-state index >= 15 is 0 Å². The van der Waals surface area contributed by atoms with Gasteiger partial charge < -0.3 is 10.6 Å². The predicted molar refractivity (Wildman–Crippen MR) is 133 cm³/mol. The van der Waals surface area contributed by atoms with Crippen LogP contribution in [0.5, 0.6) is 0 Å². The van der Waals surface area contributed by atoms with Gasteiger partial charge in [0.05, 0.1) is 22.8 Å². The molecule has 0 aliphatic rings. The maximum Gasteiger partial charge on any atom is 0.274 e. The normalized spacial score (nSPS) is 11.0. The number of aromatic nitrogens is 2. The molecule has 0 radical (unpaired) electrons. The molecule has 1 heterocycles. The summed E-state index contributed by atoms with van der Waals surface area (Å²) in [4.78, 5) is 15.5. The first-order chi connectivity index (χ1) is 14.5. The van der Waals surface area contributed by atoms with Gasteiger partial charge in [-0.15, -0.1) is 24.0 Å². The number of aliphatic imine (C=N–C) groups is 1. The number of nitrogens with one attached hydrogen (secondary N) is 2. The zero-order valence-corrected chi connectivity index (χ0v) is 20.2. The van der Waals surface area contributed by atoms with Crippen molar-refractivity contribution in [1.29, 1.82) is 0 Å². The number of nitro benzene ring substituents is 1. The molecular formula is C22H27IN6O2. The fraction of sp³-hybridized carbons (Fsp3) is 0.273. The molecule has 0 bridgehead atoms. The molecule has 0 spiro atoms. The molecule has 0 saturated carbocycles. The highest BCUT2D eigenvalue weighted by Gasteiger charge is 2.13. The molecule has 9 heteroatoms. The third-order valence-electron chi connectivity index (χ3n) is 4.62. The van der Waals surface area contributed by atoms with Crippen LogP contribution in [0.1, 0.15) is 29.4 Å². The molecule has 31 heavy (non-hydrogen) atoms. The van der Waals surface area contributed by atoms with E-state index in [0.717, 1.165) is 22.6 Å². The SMILES string of the molecule is CCNC(=NCc1ccccc1-n1nc(C)cc1C)NCc1ccccc1[N+](=O)[O-].I. The molecule has 0 aliphatic heterocycles. The van der Waals surface area contributed by atoms with Crippen molar-refractivity contribution in [3.05, 3.63) is 87.2 Å². The van der Waals surface area contributed by atoms with Crippen LogP contribution >= 0.6 is 24.0 Å². The molecule has 0 amide bonds. The lowest BCUT2D eigenvalue weighted by molar-refractivity contribution is -0.385. The standard InChI is InChI=1S/C22H26N6O2.HI/c1-4-23-22(25-15-19-10-6-8-12-21(19)28(29)30)24-14-18-9-5-7-11-20(18)27-17(3)13-16(2)26-27;/h5-13H,4,14-15H2,1-3H3,(H2,23,24,25);1H. The molecule has 2 aromatic carbocycles. The summed E-state index contributed by atoms with van der Waals surface area (Å²) in [5.41, 5.74) is 4.75. The van der Waals surface area contributed by atoms with Crippen molar-refractivity contribution in [3.63, 3.8) is 0 Å². The van der Waals surface area contributed by atoms with Crippen LogP contribution in [0.2, 0.25) is 0 Å². The average Bonchev–Trinajstić information content (AvgIpc) is 3.08. The van der Waals surface area contributed by atoms with E-state index < -0.39 is 0 Å². The van der Waals surface area contributed by atoms with Gasteiger partial charge in [-0.2, -0.15) is 5.10 Å². The molecule has 3 aromatic rings. The van der Waals surface area contributed by atoms with E-state index in [2.05, 4.69) is 20.7 Å². The number of aryl methyl sites for hydroxylation is 2. The highest BCUT2D eigenvalue weighted by Crippen LogP contribution is 2.19. The summed E-state index contributed by atoms with van der Waals surface area (Å²) in [5.74, 6) is 0.596. The number of nitrogens with zero attached hydrogens (tertiary/aromatic N) is 4. The van der Waals surface area contributed by atoms with Crippen LogP contribution in [0.25, 0.3) is 5.69 Å². The number of para-hydroxylation sites is 2. The van der Waals surface area contributed by atoms with E-state index in [4.69, 9.17) is 0 Å². The molecule has 8 nitrogen and oxygen atoms in total. The van der Waals surface area contributed by atoms with Crippen LogP contribution in [0.15, 0.2) is 59.6 Å². The van der Waals surface area contributed by atoms with E-state index in [1.165, 1.54) is 6.07 Å². The minimum absolute atomic E-state index is 0. The van der Waals surface area contributed by atoms with Gasteiger partial charge in [0.15, 0.2) is 5.96 Å². The molecule has 0 aliphatic carbocycles. The van der Waals surface area contributed by atoms with Crippen molar-refractivity contribution in [1.82, 2.24) is 20.4 Å². The van der Waals surface area contributed by atoms with Crippen molar-refractivity contribution in [3.8, 4) is 5.69 Å². The number of nitro groups is 1. The molecule has 3 rings (SSSR count). The largest absolute Gasteiger partial charge is 0.357 e. The van der Waals surface area contributed by atoms with Gasteiger partial charge >= 0.3 is 0 Å². The Hall–Kier alpha value is -2.95. The zero-order valence-electron chi connectivity index (χ0n) is 17.8. The van der Waals surface area contributed by atoms with E-state index in [1.54, 1.807) is 18.2 Å². The minimum Gasteiger partial charge on any atom is -0.357 e. The molecular weight excluding hydrogens is 507 g/mol. The summed E-state index contributed by atoms with van der Waals surface area (Å²) in [6.45, 7) is 7.41. The van der Waals surface area contributed by atoms with Crippen LogP contribution in [0.3, 0.4) is 0 Å². The lowest BCUT2D eigenvalue weighted by Gasteiger charge is -2.13. The summed E-state index contributed by atoms with van der Waals surface area (Å²) in [6, 6.07) is 16.8. The third-order valence-corrected chi connectivity index (χ3v) is 4.62. The first kappa shape index (κ1) is 24.3. The Balaban J connectivity index is 0.00000341. The quantitative estimate of drug-likeness (QED) is 0.155. The Morgan fingerprint density at radius 2 is 1.77 bits per heavy atom. The molecule has 0 atom stereocenters. The van der Waals surface area contributed by atoms with Gasteiger partial charge in [-0.1, -0.05) is 36.4 Å². The fourth-order valence-corrected chi connectivity index (χ4v) is 3.25. The number of guanidine groups is 1. The number of halogens is 1. The van der Waals surface area contributed by atoms with Gasteiger partial charge in [0.25, 0.3) is 5.69 Å². The Kier molecular flexibility index (Phi) is 8.98. The van der Waals surface area contributed by atoms with E-state index in [1.807, 2.05) is 55.8 Å².